The van der Waals surface area contributed by atoms with E-state index in [4.69, 9.17) is 5.73 Å². The molecule has 0 aliphatic heterocycles. The van der Waals surface area contributed by atoms with Crippen molar-refractivity contribution in [2.75, 3.05) is 13.1 Å². The third-order valence-corrected chi connectivity index (χ3v) is 2.52. The Morgan fingerprint density at radius 1 is 1.29 bits per heavy atom. The zero-order valence-corrected chi connectivity index (χ0v) is 9.57. The van der Waals surface area contributed by atoms with Gasteiger partial charge in [0.1, 0.15) is 0 Å². The minimum absolute atomic E-state index is 0.0490. The second-order valence-corrected chi connectivity index (χ2v) is 4.26. The van der Waals surface area contributed by atoms with Gasteiger partial charge in [0.15, 0.2) is 0 Å². The number of thioether (sulfide) groups is 1. The molecule has 0 bridgehead atoms. The maximum absolute atomic E-state index is 12.0. The standard InChI is InChI=1S/C10H11F3N2OS/c11-10(12,13)17-8-3-1-7(2-4-8)9(16)15-6-5-14/h1-4H,5-6,14H2,(H,15,16). The number of hydrogen-bond donors (Lipinski definition) is 2. The van der Waals surface area contributed by atoms with Crippen molar-refractivity contribution in [3.8, 4) is 0 Å². The van der Waals surface area contributed by atoms with E-state index in [9.17, 15) is 18.0 Å². The Bertz CT molecular complexity index is 378. The van der Waals surface area contributed by atoms with Crippen molar-refractivity contribution in [3.05, 3.63) is 29.8 Å². The summed E-state index contributed by atoms with van der Waals surface area (Å²) in [5.74, 6) is -0.348. The fourth-order valence-electron chi connectivity index (χ4n) is 1.10. The van der Waals surface area contributed by atoms with E-state index in [1.54, 1.807) is 0 Å². The van der Waals surface area contributed by atoms with Gasteiger partial charge < -0.3 is 11.1 Å². The summed E-state index contributed by atoms with van der Waals surface area (Å²) in [6, 6.07) is 5.21. The van der Waals surface area contributed by atoms with Gasteiger partial charge in [-0.05, 0) is 36.0 Å². The first-order valence-electron chi connectivity index (χ1n) is 4.76. The number of rotatable bonds is 4. The molecular formula is C10H11F3N2OS. The van der Waals surface area contributed by atoms with Crippen LogP contribution in [0.5, 0.6) is 0 Å². The van der Waals surface area contributed by atoms with E-state index < -0.39 is 5.51 Å². The topological polar surface area (TPSA) is 55.1 Å². The molecule has 0 aliphatic rings. The van der Waals surface area contributed by atoms with Crippen LogP contribution in [0.25, 0.3) is 0 Å². The van der Waals surface area contributed by atoms with E-state index in [-0.39, 0.29) is 22.6 Å². The largest absolute Gasteiger partial charge is 0.446 e. The molecule has 1 aromatic rings. The van der Waals surface area contributed by atoms with Crippen LogP contribution in [0, 0.1) is 0 Å². The summed E-state index contributed by atoms with van der Waals surface area (Å²) < 4.78 is 36.1. The lowest BCUT2D eigenvalue weighted by molar-refractivity contribution is -0.0328. The third-order valence-electron chi connectivity index (χ3n) is 1.78. The number of halogens is 3. The van der Waals surface area contributed by atoms with Crippen molar-refractivity contribution in [3.63, 3.8) is 0 Å². The molecule has 0 heterocycles. The molecule has 3 nitrogen and oxygen atoms in total. The van der Waals surface area contributed by atoms with Crippen LogP contribution in [0.4, 0.5) is 13.2 Å². The number of hydrogen-bond acceptors (Lipinski definition) is 3. The van der Waals surface area contributed by atoms with Crippen molar-refractivity contribution >= 4 is 17.7 Å². The van der Waals surface area contributed by atoms with E-state index in [1.165, 1.54) is 24.3 Å². The number of alkyl halides is 3. The van der Waals surface area contributed by atoms with Crippen molar-refractivity contribution < 1.29 is 18.0 Å². The number of benzene rings is 1. The average Bonchev–Trinajstić information content (AvgIpc) is 2.24. The predicted octanol–water partition coefficient (Wildman–Crippen LogP) is 1.99. The third kappa shape index (κ3) is 5.10. The molecule has 0 radical (unpaired) electrons. The molecule has 0 unspecified atom stereocenters. The Hall–Kier alpha value is -1.21. The molecule has 1 aromatic carbocycles. The van der Waals surface area contributed by atoms with E-state index >= 15 is 0 Å². The lowest BCUT2D eigenvalue weighted by atomic mass is 10.2. The highest BCUT2D eigenvalue weighted by Crippen LogP contribution is 2.36. The van der Waals surface area contributed by atoms with Crippen LogP contribution in [0.1, 0.15) is 10.4 Å². The Balaban J connectivity index is 2.64. The predicted molar refractivity (Wildman–Crippen MR) is 59.7 cm³/mol. The monoisotopic (exact) mass is 264 g/mol. The highest BCUT2D eigenvalue weighted by Gasteiger charge is 2.29. The molecule has 7 heteroatoms. The molecule has 0 aromatic heterocycles. The van der Waals surface area contributed by atoms with Crippen LogP contribution in [0.2, 0.25) is 0 Å². The van der Waals surface area contributed by atoms with Crippen LogP contribution in [-0.4, -0.2) is 24.5 Å². The van der Waals surface area contributed by atoms with E-state index in [2.05, 4.69) is 5.32 Å². The zero-order chi connectivity index (χ0) is 12.9. The highest BCUT2D eigenvalue weighted by molar-refractivity contribution is 8.00. The first-order chi connectivity index (χ1) is 7.92. The second-order valence-electron chi connectivity index (χ2n) is 3.12. The normalized spacial score (nSPS) is 11.3. The van der Waals surface area contributed by atoms with Crippen LogP contribution >= 0.6 is 11.8 Å². The Labute approximate surface area is 101 Å². The van der Waals surface area contributed by atoms with Gasteiger partial charge in [-0.3, -0.25) is 4.79 Å². The molecule has 0 saturated carbocycles. The van der Waals surface area contributed by atoms with Gasteiger partial charge in [0.2, 0.25) is 0 Å². The second kappa shape index (κ2) is 5.92. The maximum atomic E-state index is 12.0. The Morgan fingerprint density at radius 3 is 2.35 bits per heavy atom. The molecular weight excluding hydrogens is 253 g/mol. The number of nitrogens with two attached hydrogens (primary N) is 1. The van der Waals surface area contributed by atoms with Gasteiger partial charge in [-0.15, -0.1) is 0 Å². The maximum Gasteiger partial charge on any atom is 0.446 e. The van der Waals surface area contributed by atoms with Crippen LogP contribution < -0.4 is 11.1 Å². The molecule has 1 rings (SSSR count). The average molecular weight is 264 g/mol. The van der Waals surface area contributed by atoms with Crippen LogP contribution in [-0.2, 0) is 0 Å². The molecule has 3 N–H and O–H groups in total. The lowest BCUT2D eigenvalue weighted by Crippen LogP contribution is -2.28. The molecule has 94 valence electrons. The number of nitrogens with one attached hydrogen (secondary N) is 1. The first kappa shape index (κ1) is 13.9. The fourth-order valence-corrected chi connectivity index (χ4v) is 1.64. The summed E-state index contributed by atoms with van der Waals surface area (Å²) in [4.78, 5) is 11.5. The Morgan fingerprint density at radius 2 is 1.88 bits per heavy atom. The molecule has 0 aliphatic carbocycles. The summed E-state index contributed by atoms with van der Waals surface area (Å²) in [6.45, 7) is 0.644. The minimum atomic E-state index is -4.32. The Kier molecular flexibility index (Phi) is 4.83. The number of carbonyl (C=O) groups excluding carboxylic acids is 1. The number of amides is 1. The van der Waals surface area contributed by atoms with Crippen molar-refractivity contribution in [2.45, 2.75) is 10.4 Å². The van der Waals surface area contributed by atoms with Gasteiger partial charge in [-0.2, -0.15) is 13.2 Å². The van der Waals surface area contributed by atoms with Gasteiger partial charge in [0.25, 0.3) is 5.91 Å². The molecule has 17 heavy (non-hydrogen) atoms. The summed E-state index contributed by atoms with van der Waals surface area (Å²) in [7, 11) is 0. The fraction of sp³-hybridized carbons (Fsp3) is 0.300. The molecule has 0 spiro atoms. The van der Waals surface area contributed by atoms with Gasteiger partial charge in [-0.25, -0.2) is 0 Å². The molecule has 0 atom stereocenters. The summed E-state index contributed by atoms with van der Waals surface area (Å²) in [6.07, 6.45) is 0. The van der Waals surface area contributed by atoms with E-state index in [1.807, 2.05) is 0 Å². The molecule has 0 saturated heterocycles. The highest BCUT2D eigenvalue weighted by atomic mass is 32.2. The van der Waals surface area contributed by atoms with Crippen molar-refractivity contribution in [2.24, 2.45) is 5.73 Å². The summed E-state index contributed by atoms with van der Waals surface area (Å²) in [5, 5.41) is 2.52. The minimum Gasteiger partial charge on any atom is -0.351 e. The molecule has 0 fully saturated rings. The van der Waals surface area contributed by atoms with Crippen molar-refractivity contribution in [1.29, 1.82) is 0 Å². The van der Waals surface area contributed by atoms with Crippen LogP contribution in [0.3, 0.4) is 0 Å². The smallest absolute Gasteiger partial charge is 0.351 e. The molecule has 1 amide bonds. The van der Waals surface area contributed by atoms with E-state index in [0.29, 0.717) is 18.7 Å². The van der Waals surface area contributed by atoms with Crippen LogP contribution in [0.15, 0.2) is 29.2 Å². The SMILES string of the molecule is NCCNC(=O)c1ccc(SC(F)(F)F)cc1. The summed E-state index contributed by atoms with van der Waals surface area (Å²) >= 11 is -0.213. The van der Waals surface area contributed by atoms with Crippen molar-refractivity contribution in [1.82, 2.24) is 5.32 Å². The summed E-state index contributed by atoms with van der Waals surface area (Å²) in [5.41, 5.74) is 1.20. The number of carbonyl (C=O) groups is 1. The van der Waals surface area contributed by atoms with Gasteiger partial charge >= 0.3 is 5.51 Å². The quantitative estimate of drug-likeness (QED) is 0.818. The first-order valence-corrected chi connectivity index (χ1v) is 5.58. The van der Waals surface area contributed by atoms with Gasteiger partial charge in [0, 0.05) is 23.5 Å². The van der Waals surface area contributed by atoms with E-state index in [0.717, 1.165) is 0 Å². The van der Waals surface area contributed by atoms with Gasteiger partial charge in [-0.1, -0.05) is 0 Å². The zero-order valence-electron chi connectivity index (χ0n) is 8.75. The lowest BCUT2D eigenvalue weighted by Gasteiger charge is -2.06. The van der Waals surface area contributed by atoms with Gasteiger partial charge in [0.05, 0.1) is 0 Å².